The number of nitrogens with one attached hydrogen (secondary N) is 1. The topological polar surface area (TPSA) is 47.8 Å². The smallest absolute Gasteiger partial charge is 0.273 e. The lowest BCUT2D eigenvalue weighted by Gasteiger charge is -2.28. The molecule has 0 radical (unpaired) electrons. The molecule has 2 atom stereocenters. The van der Waals surface area contributed by atoms with E-state index in [4.69, 9.17) is 0 Å². The second-order valence-electron chi connectivity index (χ2n) is 3.36. The summed E-state index contributed by atoms with van der Waals surface area (Å²) in [5, 5.41) is 10.7. The third kappa shape index (κ3) is 1.77. The zero-order valence-corrected chi connectivity index (χ0v) is 9.05. The van der Waals surface area contributed by atoms with Gasteiger partial charge in [-0.3, -0.25) is 4.79 Å². The summed E-state index contributed by atoms with van der Waals surface area (Å²) in [6, 6.07) is 1.96. The number of anilines is 1. The normalized spacial score (nSPS) is 25.2. The highest BCUT2D eigenvalue weighted by atomic mass is 32.2. The van der Waals surface area contributed by atoms with E-state index in [0.717, 1.165) is 22.6 Å². The Hall–Kier alpha value is -1.18. The van der Waals surface area contributed by atoms with Gasteiger partial charge in [-0.05, 0) is 19.1 Å². The van der Waals surface area contributed by atoms with Crippen molar-refractivity contribution >= 4 is 22.8 Å². The number of nitrogens with zero attached hydrogens (tertiary/aromatic N) is 1. The standard InChI is InChI=1S/C9H8F2N2O2S/c1-5-9(14)16-13(12(5)15)8-4-6(10)2-3-7(8)11/h2-5,12H,1H3. The van der Waals surface area contributed by atoms with Crippen LogP contribution in [0.15, 0.2) is 18.2 Å². The van der Waals surface area contributed by atoms with E-state index >= 15 is 0 Å². The molecule has 2 unspecified atom stereocenters. The van der Waals surface area contributed by atoms with Crippen LogP contribution in [0.3, 0.4) is 0 Å². The van der Waals surface area contributed by atoms with Gasteiger partial charge in [0.05, 0.1) is 11.9 Å². The molecule has 1 fully saturated rings. The van der Waals surface area contributed by atoms with Crippen molar-refractivity contribution in [3.8, 4) is 0 Å². The maximum absolute atomic E-state index is 13.4. The zero-order valence-electron chi connectivity index (χ0n) is 8.24. The van der Waals surface area contributed by atoms with E-state index in [1.165, 1.54) is 6.92 Å². The van der Waals surface area contributed by atoms with E-state index in [0.29, 0.717) is 11.9 Å². The number of hydrogen-bond donors (Lipinski definition) is 1. The summed E-state index contributed by atoms with van der Waals surface area (Å²) in [5.41, 5.74) is -0.215. The van der Waals surface area contributed by atoms with Crippen molar-refractivity contribution in [3.63, 3.8) is 0 Å². The van der Waals surface area contributed by atoms with Gasteiger partial charge in [0.2, 0.25) is 0 Å². The molecule has 7 heteroatoms. The molecule has 1 aliphatic rings. The molecule has 16 heavy (non-hydrogen) atoms. The average molecular weight is 246 g/mol. The fraction of sp³-hybridized carbons (Fsp3) is 0.222. The van der Waals surface area contributed by atoms with Crippen molar-refractivity contribution in [1.82, 2.24) is 0 Å². The van der Waals surface area contributed by atoms with Crippen LogP contribution in [-0.2, 0) is 4.79 Å². The van der Waals surface area contributed by atoms with E-state index in [2.05, 4.69) is 0 Å². The number of carbonyl (C=O) groups excluding carboxylic acids is 1. The Morgan fingerprint density at radius 2 is 2.19 bits per heavy atom. The van der Waals surface area contributed by atoms with Crippen molar-refractivity contribution in [3.05, 3.63) is 35.0 Å². The number of hydrogen-bond acceptors (Lipinski definition) is 4. The van der Waals surface area contributed by atoms with Crippen LogP contribution in [0, 0.1) is 16.8 Å². The third-order valence-corrected chi connectivity index (χ3v) is 3.33. The minimum absolute atomic E-state index is 0.215. The lowest BCUT2D eigenvalue weighted by Crippen LogP contribution is -3.15. The molecule has 0 spiro atoms. The maximum atomic E-state index is 13.4. The highest BCUT2D eigenvalue weighted by Gasteiger charge is 2.38. The van der Waals surface area contributed by atoms with Gasteiger partial charge in [-0.15, -0.1) is 0 Å². The molecule has 1 aliphatic heterocycles. The SMILES string of the molecule is CC1C(=O)SN(c2cc(F)ccc2F)[NH+]1[O-]. The first-order valence-corrected chi connectivity index (χ1v) is 5.29. The Kier molecular flexibility index (Phi) is 2.83. The fourth-order valence-electron chi connectivity index (χ4n) is 1.30. The summed E-state index contributed by atoms with van der Waals surface area (Å²) >= 11 is 0.596. The first kappa shape index (κ1) is 11.3. The molecular formula is C9H8F2N2O2S. The zero-order chi connectivity index (χ0) is 11.9. The van der Waals surface area contributed by atoms with Gasteiger partial charge >= 0.3 is 0 Å². The number of rotatable bonds is 1. The maximum Gasteiger partial charge on any atom is 0.273 e. The van der Waals surface area contributed by atoms with Crippen LogP contribution in [0.5, 0.6) is 0 Å². The molecule has 0 aliphatic carbocycles. The van der Waals surface area contributed by atoms with Gasteiger partial charge < -0.3 is 5.21 Å². The predicted molar refractivity (Wildman–Crippen MR) is 55.2 cm³/mol. The molecule has 0 bridgehead atoms. The monoisotopic (exact) mass is 246 g/mol. The van der Waals surface area contributed by atoms with Crippen LogP contribution in [0.2, 0.25) is 0 Å². The average Bonchev–Trinajstić information content (AvgIpc) is 2.50. The van der Waals surface area contributed by atoms with Gasteiger partial charge in [0.15, 0.2) is 11.9 Å². The minimum Gasteiger partial charge on any atom is -0.606 e. The van der Waals surface area contributed by atoms with Crippen LogP contribution in [0.1, 0.15) is 6.92 Å². The Bertz CT molecular complexity index is 444. The summed E-state index contributed by atoms with van der Waals surface area (Å²) in [6.45, 7) is 1.44. The number of quaternary nitrogens is 1. The molecule has 86 valence electrons. The number of halogens is 2. The first-order chi connectivity index (χ1) is 7.50. The minimum atomic E-state index is -0.812. The van der Waals surface area contributed by atoms with Crippen molar-refractivity contribution in [2.24, 2.45) is 0 Å². The molecular weight excluding hydrogens is 238 g/mol. The molecule has 0 saturated carbocycles. The van der Waals surface area contributed by atoms with Crippen LogP contribution in [0.4, 0.5) is 14.5 Å². The number of hydroxylamine groups is 1. The molecule has 1 aromatic carbocycles. The van der Waals surface area contributed by atoms with Crippen molar-refractivity contribution in [1.29, 1.82) is 0 Å². The summed E-state index contributed by atoms with van der Waals surface area (Å²) < 4.78 is 27.2. The van der Waals surface area contributed by atoms with Gasteiger partial charge in [-0.1, -0.05) is 0 Å². The second kappa shape index (κ2) is 4.00. The predicted octanol–water partition coefficient (Wildman–Crippen LogP) is 0.646. The highest BCUT2D eigenvalue weighted by molar-refractivity contribution is 8.15. The van der Waals surface area contributed by atoms with E-state index in [-0.39, 0.29) is 10.8 Å². The lowest BCUT2D eigenvalue weighted by molar-refractivity contribution is -0.855. The van der Waals surface area contributed by atoms with Crippen molar-refractivity contribution in [2.45, 2.75) is 13.0 Å². The van der Waals surface area contributed by atoms with Crippen LogP contribution >= 0.6 is 11.9 Å². The second-order valence-corrected chi connectivity index (χ2v) is 4.31. The Labute approximate surface area is 94.5 Å². The molecule has 2 rings (SSSR count). The Morgan fingerprint density at radius 3 is 2.75 bits per heavy atom. The Morgan fingerprint density at radius 1 is 1.50 bits per heavy atom. The van der Waals surface area contributed by atoms with Gasteiger partial charge in [0, 0.05) is 6.07 Å². The molecule has 0 amide bonds. The summed E-state index contributed by atoms with van der Waals surface area (Å²) in [6.07, 6.45) is 0. The molecule has 1 heterocycles. The molecule has 1 saturated heterocycles. The highest BCUT2D eigenvalue weighted by Crippen LogP contribution is 2.26. The van der Waals surface area contributed by atoms with Crippen LogP contribution < -0.4 is 9.59 Å². The van der Waals surface area contributed by atoms with Crippen molar-refractivity contribution in [2.75, 3.05) is 4.41 Å². The largest absolute Gasteiger partial charge is 0.606 e. The molecule has 1 N–H and O–H groups in total. The number of benzene rings is 1. The first-order valence-electron chi connectivity index (χ1n) is 4.51. The van der Waals surface area contributed by atoms with Crippen LogP contribution in [0.25, 0.3) is 0 Å². The van der Waals surface area contributed by atoms with E-state index in [1.807, 2.05) is 0 Å². The third-order valence-electron chi connectivity index (χ3n) is 2.23. The fourth-order valence-corrected chi connectivity index (χ4v) is 2.23. The summed E-state index contributed by atoms with van der Waals surface area (Å²) in [7, 11) is 0. The molecule has 0 aromatic heterocycles. The van der Waals surface area contributed by atoms with Gasteiger partial charge in [0.25, 0.3) is 5.12 Å². The quantitative estimate of drug-likeness (QED) is 0.583. The molecule has 1 aromatic rings. The van der Waals surface area contributed by atoms with E-state index < -0.39 is 22.8 Å². The van der Waals surface area contributed by atoms with Crippen molar-refractivity contribution < 1.29 is 18.7 Å². The summed E-state index contributed by atoms with van der Waals surface area (Å²) in [5.74, 6) is -1.39. The number of carbonyl (C=O) groups is 1. The van der Waals surface area contributed by atoms with Gasteiger partial charge in [-0.25, -0.2) is 14.0 Å². The van der Waals surface area contributed by atoms with Gasteiger partial charge in [0.1, 0.15) is 11.5 Å². The van der Waals surface area contributed by atoms with E-state index in [1.54, 1.807) is 0 Å². The lowest BCUT2D eigenvalue weighted by atomic mass is 10.3. The Balaban J connectivity index is 2.38. The van der Waals surface area contributed by atoms with Gasteiger partial charge in [-0.2, -0.15) is 4.41 Å². The van der Waals surface area contributed by atoms with E-state index in [9.17, 15) is 18.8 Å². The van der Waals surface area contributed by atoms with Crippen LogP contribution in [-0.4, -0.2) is 11.2 Å². The molecule has 4 nitrogen and oxygen atoms in total. The summed E-state index contributed by atoms with van der Waals surface area (Å²) in [4.78, 5) is 11.2.